The largest absolute Gasteiger partial charge is 0.366 e. The van der Waals surface area contributed by atoms with Crippen LogP contribution >= 0.6 is 23.4 Å². The molecule has 6 nitrogen and oxygen atoms in total. The van der Waals surface area contributed by atoms with Crippen LogP contribution in [0, 0.1) is 0 Å². The number of anilines is 1. The molecule has 3 N–H and O–H groups in total. The Labute approximate surface area is 132 Å². The molecule has 1 aromatic heterocycles. The first kappa shape index (κ1) is 16.0. The molecule has 1 heterocycles. The van der Waals surface area contributed by atoms with Gasteiger partial charge in [0.25, 0.3) is 0 Å². The number of rotatable bonds is 5. The summed E-state index contributed by atoms with van der Waals surface area (Å²) in [5.74, 6) is 0.606. The van der Waals surface area contributed by atoms with E-state index in [9.17, 15) is 8.42 Å². The lowest BCUT2D eigenvalue weighted by Crippen LogP contribution is -2.12. The predicted octanol–water partition coefficient (Wildman–Crippen LogP) is 2.11. The van der Waals surface area contributed by atoms with Crippen molar-refractivity contribution in [2.24, 2.45) is 5.14 Å². The molecule has 0 aliphatic heterocycles. The smallest absolute Gasteiger partial charge is 0.238 e. The number of hydrogen-bond donors (Lipinski definition) is 2. The van der Waals surface area contributed by atoms with Crippen molar-refractivity contribution < 1.29 is 8.42 Å². The van der Waals surface area contributed by atoms with E-state index in [1.54, 1.807) is 18.2 Å². The Kier molecular flexibility index (Phi) is 5.04. The van der Waals surface area contributed by atoms with Crippen LogP contribution in [0.1, 0.15) is 5.56 Å². The normalized spacial score (nSPS) is 11.4. The molecule has 0 aliphatic rings. The molecule has 112 valence electrons. The SMILES string of the molecule is CSc1nc(Cl)cc(NCc2ccc(S(N)(=O)=O)cc2)n1. The second-order valence-corrected chi connectivity index (χ2v) is 6.83. The summed E-state index contributed by atoms with van der Waals surface area (Å²) in [6, 6.07) is 7.93. The van der Waals surface area contributed by atoms with Crippen LogP contribution in [0.4, 0.5) is 5.82 Å². The number of hydrogen-bond acceptors (Lipinski definition) is 6. The Morgan fingerprint density at radius 3 is 2.52 bits per heavy atom. The number of nitrogens with one attached hydrogen (secondary N) is 1. The number of nitrogens with two attached hydrogens (primary N) is 1. The van der Waals surface area contributed by atoms with Gasteiger partial charge in [-0.3, -0.25) is 0 Å². The maximum atomic E-state index is 11.2. The zero-order valence-corrected chi connectivity index (χ0v) is 13.5. The van der Waals surface area contributed by atoms with Gasteiger partial charge < -0.3 is 5.32 Å². The van der Waals surface area contributed by atoms with Gasteiger partial charge in [-0.15, -0.1) is 0 Å². The predicted molar refractivity (Wildman–Crippen MR) is 84.0 cm³/mol. The van der Waals surface area contributed by atoms with Gasteiger partial charge >= 0.3 is 0 Å². The van der Waals surface area contributed by atoms with Gasteiger partial charge in [-0.05, 0) is 24.0 Å². The molecule has 0 atom stereocenters. The number of nitrogens with zero attached hydrogens (tertiary/aromatic N) is 2. The maximum Gasteiger partial charge on any atom is 0.238 e. The van der Waals surface area contributed by atoms with Gasteiger partial charge in [0.2, 0.25) is 10.0 Å². The van der Waals surface area contributed by atoms with Crippen molar-refractivity contribution in [3.63, 3.8) is 0 Å². The van der Waals surface area contributed by atoms with E-state index in [0.29, 0.717) is 22.7 Å². The van der Waals surface area contributed by atoms with E-state index in [1.165, 1.54) is 23.9 Å². The average molecular weight is 345 g/mol. The third-order valence-corrected chi connectivity index (χ3v) is 4.25. The molecular weight excluding hydrogens is 332 g/mol. The summed E-state index contributed by atoms with van der Waals surface area (Å²) in [5, 5.41) is 9.09. The fourth-order valence-corrected chi connectivity index (χ4v) is 2.70. The number of primary sulfonamides is 1. The van der Waals surface area contributed by atoms with Gasteiger partial charge in [0.1, 0.15) is 11.0 Å². The highest BCUT2D eigenvalue weighted by Gasteiger charge is 2.07. The molecule has 0 saturated carbocycles. The van der Waals surface area contributed by atoms with Gasteiger partial charge in [-0.1, -0.05) is 35.5 Å². The summed E-state index contributed by atoms with van der Waals surface area (Å²) < 4.78 is 22.3. The van der Waals surface area contributed by atoms with E-state index >= 15 is 0 Å². The maximum absolute atomic E-state index is 11.2. The first-order valence-corrected chi connectivity index (χ1v) is 8.97. The van der Waals surface area contributed by atoms with Crippen molar-refractivity contribution in [3.05, 3.63) is 41.0 Å². The third kappa shape index (κ3) is 4.57. The topological polar surface area (TPSA) is 98.0 Å². The van der Waals surface area contributed by atoms with Gasteiger partial charge in [-0.2, -0.15) is 0 Å². The number of thioether (sulfide) groups is 1. The molecule has 0 fully saturated rings. The number of halogens is 1. The van der Waals surface area contributed by atoms with Gasteiger partial charge in [0.15, 0.2) is 5.16 Å². The molecule has 0 unspecified atom stereocenters. The minimum Gasteiger partial charge on any atom is -0.366 e. The Balaban J connectivity index is 2.08. The van der Waals surface area contributed by atoms with Crippen LogP contribution in [-0.4, -0.2) is 24.6 Å². The Morgan fingerprint density at radius 2 is 1.95 bits per heavy atom. The fourth-order valence-electron chi connectivity index (χ4n) is 1.57. The zero-order valence-electron chi connectivity index (χ0n) is 11.1. The van der Waals surface area contributed by atoms with Gasteiger partial charge in [0, 0.05) is 12.6 Å². The molecule has 0 spiro atoms. The van der Waals surface area contributed by atoms with E-state index in [4.69, 9.17) is 16.7 Å². The van der Waals surface area contributed by atoms with Crippen molar-refractivity contribution in [1.29, 1.82) is 0 Å². The molecule has 0 amide bonds. The van der Waals surface area contributed by atoms with Crippen LogP contribution in [0.5, 0.6) is 0 Å². The molecule has 1 aromatic carbocycles. The summed E-state index contributed by atoms with van der Waals surface area (Å²) in [5.41, 5.74) is 0.892. The highest BCUT2D eigenvalue weighted by Crippen LogP contribution is 2.18. The monoisotopic (exact) mass is 344 g/mol. The second-order valence-electron chi connectivity index (χ2n) is 4.11. The van der Waals surface area contributed by atoms with E-state index in [2.05, 4.69) is 15.3 Å². The molecule has 2 rings (SSSR count). The lowest BCUT2D eigenvalue weighted by Gasteiger charge is -2.07. The highest BCUT2D eigenvalue weighted by atomic mass is 35.5. The van der Waals surface area contributed by atoms with Crippen molar-refractivity contribution in [2.75, 3.05) is 11.6 Å². The molecule has 0 radical (unpaired) electrons. The molecule has 2 aromatic rings. The van der Waals surface area contributed by atoms with E-state index in [-0.39, 0.29) is 4.90 Å². The zero-order chi connectivity index (χ0) is 15.5. The molecule has 9 heteroatoms. The fraction of sp³-hybridized carbons (Fsp3) is 0.167. The average Bonchev–Trinajstić information content (AvgIpc) is 2.44. The summed E-state index contributed by atoms with van der Waals surface area (Å²) in [4.78, 5) is 8.39. The summed E-state index contributed by atoms with van der Waals surface area (Å²) in [6.45, 7) is 0.478. The van der Waals surface area contributed by atoms with Crippen LogP contribution in [0.2, 0.25) is 5.15 Å². The third-order valence-electron chi connectivity index (χ3n) is 2.58. The number of sulfonamides is 1. The van der Waals surface area contributed by atoms with Crippen molar-refractivity contribution in [3.8, 4) is 0 Å². The summed E-state index contributed by atoms with van der Waals surface area (Å²) in [7, 11) is -3.66. The second kappa shape index (κ2) is 6.61. The minimum absolute atomic E-state index is 0.0843. The first-order chi connectivity index (χ1) is 9.88. The Morgan fingerprint density at radius 1 is 1.29 bits per heavy atom. The van der Waals surface area contributed by atoms with Gasteiger partial charge in [-0.25, -0.2) is 23.5 Å². The highest BCUT2D eigenvalue weighted by molar-refractivity contribution is 7.98. The molecule has 0 aliphatic carbocycles. The van der Waals surface area contributed by atoms with E-state index in [1.807, 2.05) is 6.26 Å². The van der Waals surface area contributed by atoms with Gasteiger partial charge in [0.05, 0.1) is 4.90 Å². The first-order valence-electron chi connectivity index (χ1n) is 5.82. The van der Waals surface area contributed by atoms with Crippen LogP contribution < -0.4 is 10.5 Å². The van der Waals surface area contributed by atoms with E-state index < -0.39 is 10.0 Å². The van der Waals surface area contributed by atoms with Crippen LogP contribution in [0.25, 0.3) is 0 Å². The molecular formula is C12H13ClN4O2S2. The van der Waals surface area contributed by atoms with Crippen molar-refractivity contribution >= 4 is 39.2 Å². The lowest BCUT2D eigenvalue weighted by atomic mass is 10.2. The quantitative estimate of drug-likeness (QED) is 0.489. The van der Waals surface area contributed by atoms with Crippen molar-refractivity contribution in [2.45, 2.75) is 16.6 Å². The Hall–Kier alpha value is -1.35. The molecule has 0 bridgehead atoms. The Bertz CT molecular complexity index is 735. The van der Waals surface area contributed by atoms with Crippen LogP contribution in [0.15, 0.2) is 40.4 Å². The minimum atomic E-state index is -3.66. The molecule has 21 heavy (non-hydrogen) atoms. The lowest BCUT2D eigenvalue weighted by molar-refractivity contribution is 0.598. The van der Waals surface area contributed by atoms with Crippen molar-refractivity contribution in [1.82, 2.24) is 9.97 Å². The van der Waals surface area contributed by atoms with Crippen LogP contribution in [-0.2, 0) is 16.6 Å². The summed E-state index contributed by atoms with van der Waals surface area (Å²) in [6.07, 6.45) is 1.86. The van der Waals surface area contributed by atoms with E-state index in [0.717, 1.165) is 5.56 Å². The number of benzene rings is 1. The molecule has 0 saturated heterocycles. The standard InChI is InChI=1S/C12H13ClN4O2S2/c1-20-12-16-10(13)6-11(17-12)15-7-8-2-4-9(5-3-8)21(14,18)19/h2-6H,7H2,1H3,(H2,14,18,19)(H,15,16,17). The van der Waals surface area contributed by atoms with Crippen LogP contribution in [0.3, 0.4) is 0 Å². The summed E-state index contributed by atoms with van der Waals surface area (Å²) >= 11 is 7.29. The number of aromatic nitrogens is 2.